The zero-order valence-electron chi connectivity index (χ0n) is 12.8. The molecule has 112 valence electrons. The second-order valence-corrected chi connectivity index (χ2v) is 5.02. The Morgan fingerprint density at radius 3 is 2.71 bits per heavy atom. The number of nitrogens with one attached hydrogen (secondary N) is 1. The molecule has 0 saturated heterocycles. The molecule has 1 aromatic carbocycles. The molecule has 0 radical (unpaired) electrons. The summed E-state index contributed by atoms with van der Waals surface area (Å²) < 4.78 is 19.6. The summed E-state index contributed by atoms with van der Waals surface area (Å²) >= 11 is 0. The second kappa shape index (κ2) is 6.52. The van der Waals surface area contributed by atoms with Crippen molar-refractivity contribution in [2.75, 3.05) is 11.9 Å². The SMILES string of the molecule is CCNc1nc(-c2cccc(OC(C)C)c2)nc(C)c1F. The number of rotatable bonds is 5. The van der Waals surface area contributed by atoms with Gasteiger partial charge in [-0.15, -0.1) is 0 Å². The topological polar surface area (TPSA) is 47.0 Å². The smallest absolute Gasteiger partial charge is 0.186 e. The summed E-state index contributed by atoms with van der Waals surface area (Å²) in [5.74, 6) is 1.06. The van der Waals surface area contributed by atoms with Crippen molar-refractivity contribution in [3.8, 4) is 17.1 Å². The van der Waals surface area contributed by atoms with E-state index in [-0.39, 0.29) is 11.9 Å². The average Bonchev–Trinajstić information content (AvgIpc) is 2.43. The lowest BCUT2D eigenvalue weighted by molar-refractivity contribution is 0.242. The van der Waals surface area contributed by atoms with Crippen molar-refractivity contribution in [1.29, 1.82) is 0 Å². The van der Waals surface area contributed by atoms with Crippen LogP contribution >= 0.6 is 0 Å². The highest BCUT2D eigenvalue weighted by atomic mass is 19.1. The molecule has 0 aliphatic rings. The maximum Gasteiger partial charge on any atom is 0.186 e. The molecule has 2 aromatic rings. The molecule has 1 aromatic heterocycles. The molecule has 0 spiro atoms. The van der Waals surface area contributed by atoms with Crippen LogP contribution in [0, 0.1) is 12.7 Å². The van der Waals surface area contributed by atoms with E-state index in [0.717, 1.165) is 11.3 Å². The maximum absolute atomic E-state index is 13.9. The van der Waals surface area contributed by atoms with E-state index in [1.54, 1.807) is 6.92 Å². The Hall–Kier alpha value is -2.17. The van der Waals surface area contributed by atoms with Crippen molar-refractivity contribution < 1.29 is 9.13 Å². The first-order valence-corrected chi connectivity index (χ1v) is 7.06. The van der Waals surface area contributed by atoms with Gasteiger partial charge in [-0.25, -0.2) is 14.4 Å². The molecule has 21 heavy (non-hydrogen) atoms. The normalized spacial score (nSPS) is 10.8. The van der Waals surface area contributed by atoms with E-state index in [1.807, 2.05) is 45.0 Å². The van der Waals surface area contributed by atoms with E-state index < -0.39 is 5.82 Å². The fraction of sp³-hybridized carbons (Fsp3) is 0.375. The van der Waals surface area contributed by atoms with Gasteiger partial charge < -0.3 is 10.1 Å². The number of aryl methyl sites for hydroxylation is 1. The van der Waals surface area contributed by atoms with E-state index in [9.17, 15) is 4.39 Å². The van der Waals surface area contributed by atoms with E-state index in [4.69, 9.17) is 4.74 Å². The minimum absolute atomic E-state index is 0.0911. The Kier molecular flexibility index (Phi) is 4.73. The second-order valence-electron chi connectivity index (χ2n) is 5.02. The van der Waals surface area contributed by atoms with Crippen LogP contribution in [0.5, 0.6) is 5.75 Å². The minimum Gasteiger partial charge on any atom is -0.491 e. The van der Waals surface area contributed by atoms with Crippen LogP contribution in [0.3, 0.4) is 0 Å². The number of benzene rings is 1. The van der Waals surface area contributed by atoms with Gasteiger partial charge in [0.2, 0.25) is 0 Å². The molecule has 1 N–H and O–H groups in total. The van der Waals surface area contributed by atoms with Gasteiger partial charge in [-0.1, -0.05) is 12.1 Å². The molecule has 0 aliphatic heterocycles. The van der Waals surface area contributed by atoms with Crippen LogP contribution < -0.4 is 10.1 Å². The van der Waals surface area contributed by atoms with Gasteiger partial charge in [-0.05, 0) is 39.8 Å². The van der Waals surface area contributed by atoms with Gasteiger partial charge in [-0.2, -0.15) is 0 Å². The molecule has 0 saturated carbocycles. The molecule has 0 atom stereocenters. The summed E-state index contributed by atoms with van der Waals surface area (Å²) in [6, 6.07) is 7.51. The molecule has 0 aliphatic carbocycles. The molecule has 0 fully saturated rings. The van der Waals surface area contributed by atoms with Crippen LogP contribution in [0.4, 0.5) is 10.2 Å². The number of hydrogen-bond donors (Lipinski definition) is 1. The fourth-order valence-corrected chi connectivity index (χ4v) is 1.95. The van der Waals surface area contributed by atoms with Crippen molar-refractivity contribution in [1.82, 2.24) is 9.97 Å². The highest BCUT2D eigenvalue weighted by Gasteiger charge is 2.12. The Bertz CT molecular complexity index is 629. The number of nitrogens with zero attached hydrogens (tertiary/aromatic N) is 2. The quantitative estimate of drug-likeness (QED) is 0.909. The van der Waals surface area contributed by atoms with Crippen molar-refractivity contribution in [3.63, 3.8) is 0 Å². The van der Waals surface area contributed by atoms with Crippen molar-refractivity contribution in [2.45, 2.75) is 33.8 Å². The first-order valence-electron chi connectivity index (χ1n) is 7.06. The average molecular weight is 289 g/mol. The first kappa shape index (κ1) is 15.2. The molecule has 4 nitrogen and oxygen atoms in total. The lowest BCUT2D eigenvalue weighted by Crippen LogP contribution is -2.07. The predicted octanol–water partition coefficient (Wildman–Crippen LogP) is 3.81. The van der Waals surface area contributed by atoms with Crippen molar-refractivity contribution in [3.05, 3.63) is 35.8 Å². The largest absolute Gasteiger partial charge is 0.491 e. The molecule has 5 heteroatoms. The monoisotopic (exact) mass is 289 g/mol. The molecular formula is C16H20FN3O. The lowest BCUT2D eigenvalue weighted by Gasteiger charge is -2.12. The van der Waals surface area contributed by atoms with Crippen LogP contribution in [0.15, 0.2) is 24.3 Å². The molecule has 0 bridgehead atoms. The summed E-state index contributed by atoms with van der Waals surface area (Å²) in [5, 5.41) is 2.92. The molecule has 2 rings (SSSR count). The van der Waals surface area contributed by atoms with E-state index in [0.29, 0.717) is 18.1 Å². The number of hydrogen-bond acceptors (Lipinski definition) is 4. The number of aromatic nitrogens is 2. The summed E-state index contributed by atoms with van der Waals surface area (Å²) in [4.78, 5) is 8.49. The Morgan fingerprint density at radius 2 is 2.05 bits per heavy atom. The number of anilines is 1. The molecular weight excluding hydrogens is 269 g/mol. The third-order valence-corrected chi connectivity index (χ3v) is 2.83. The summed E-state index contributed by atoms with van der Waals surface area (Å²) in [5.41, 5.74) is 1.13. The van der Waals surface area contributed by atoms with Crippen LogP contribution in [0.1, 0.15) is 26.5 Å². The molecule has 0 unspecified atom stereocenters. The van der Waals surface area contributed by atoms with E-state index in [2.05, 4.69) is 15.3 Å². The molecule has 1 heterocycles. The van der Waals surface area contributed by atoms with Gasteiger partial charge in [0.1, 0.15) is 5.75 Å². The Morgan fingerprint density at radius 1 is 1.29 bits per heavy atom. The van der Waals surface area contributed by atoms with E-state index in [1.165, 1.54) is 0 Å². The zero-order valence-corrected chi connectivity index (χ0v) is 12.8. The fourth-order valence-electron chi connectivity index (χ4n) is 1.95. The summed E-state index contributed by atoms with van der Waals surface area (Å²) in [6.07, 6.45) is 0.0911. The standard InChI is InChI=1S/C16H20FN3O/c1-5-18-16-14(17)11(4)19-15(20-16)12-7-6-8-13(9-12)21-10(2)3/h6-10H,5H2,1-4H3,(H,18,19,20). The highest BCUT2D eigenvalue weighted by molar-refractivity contribution is 5.60. The third kappa shape index (κ3) is 3.68. The van der Waals surface area contributed by atoms with Gasteiger partial charge in [-0.3, -0.25) is 0 Å². The van der Waals surface area contributed by atoms with Gasteiger partial charge in [0.05, 0.1) is 11.8 Å². The Labute approximate surface area is 124 Å². The van der Waals surface area contributed by atoms with Gasteiger partial charge in [0, 0.05) is 12.1 Å². The van der Waals surface area contributed by atoms with Crippen molar-refractivity contribution >= 4 is 5.82 Å². The van der Waals surface area contributed by atoms with Gasteiger partial charge in [0.25, 0.3) is 0 Å². The van der Waals surface area contributed by atoms with Crippen LogP contribution in [0.25, 0.3) is 11.4 Å². The van der Waals surface area contributed by atoms with Crippen molar-refractivity contribution in [2.24, 2.45) is 0 Å². The molecule has 0 amide bonds. The Balaban J connectivity index is 2.41. The number of halogens is 1. The van der Waals surface area contributed by atoms with Gasteiger partial charge in [0.15, 0.2) is 17.5 Å². The van der Waals surface area contributed by atoms with Crippen LogP contribution in [0.2, 0.25) is 0 Å². The maximum atomic E-state index is 13.9. The number of ether oxygens (including phenoxy) is 1. The van der Waals surface area contributed by atoms with E-state index >= 15 is 0 Å². The van der Waals surface area contributed by atoms with Crippen LogP contribution in [-0.2, 0) is 0 Å². The first-order chi connectivity index (χ1) is 10.0. The summed E-state index contributed by atoms with van der Waals surface area (Å²) in [6.45, 7) is 8.07. The van der Waals surface area contributed by atoms with Gasteiger partial charge >= 0.3 is 0 Å². The third-order valence-electron chi connectivity index (χ3n) is 2.83. The lowest BCUT2D eigenvalue weighted by atomic mass is 10.2. The van der Waals surface area contributed by atoms with Crippen LogP contribution in [-0.4, -0.2) is 22.6 Å². The highest BCUT2D eigenvalue weighted by Crippen LogP contribution is 2.24. The minimum atomic E-state index is -0.407. The zero-order chi connectivity index (χ0) is 15.4. The summed E-state index contributed by atoms with van der Waals surface area (Å²) in [7, 11) is 0. The predicted molar refractivity (Wildman–Crippen MR) is 82.1 cm³/mol.